The van der Waals surface area contributed by atoms with Crippen molar-refractivity contribution >= 4 is 5.82 Å². The molecule has 0 aliphatic heterocycles. The van der Waals surface area contributed by atoms with Crippen molar-refractivity contribution in [3.05, 3.63) is 53.5 Å². The zero-order valence-corrected chi connectivity index (χ0v) is 9.09. The summed E-state index contributed by atoms with van der Waals surface area (Å²) in [6, 6.07) is 5.42. The molecule has 82 valence electrons. The molecule has 0 saturated carbocycles. The molecule has 4 heteroatoms. The fourth-order valence-corrected chi connectivity index (χ4v) is 1.72. The zero-order chi connectivity index (χ0) is 11.5. The lowest BCUT2D eigenvalue weighted by Crippen LogP contribution is -2.16. The van der Waals surface area contributed by atoms with Gasteiger partial charge in [0.2, 0.25) is 0 Å². The second-order valence-corrected chi connectivity index (χ2v) is 3.69. The molecular weight excluding hydrogens is 200 g/mol. The first-order valence-electron chi connectivity index (χ1n) is 5.06. The maximum absolute atomic E-state index is 6.16. The smallest absolute Gasteiger partial charge is 0.128 e. The number of pyridine rings is 2. The Bertz CT molecular complexity index is 461. The highest BCUT2D eigenvalue weighted by atomic mass is 14.8. The molecule has 2 aromatic heterocycles. The summed E-state index contributed by atoms with van der Waals surface area (Å²) in [4.78, 5) is 8.11. The zero-order valence-electron chi connectivity index (χ0n) is 9.09. The van der Waals surface area contributed by atoms with E-state index in [4.69, 9.17) is 11.5 Å². The predicted molar refractivity (Wildman–Crippen MR) is 63.7 cm³/mol. The molecule has 4 nitrogen and oxygen atoms in total. The fraction of sp³-hybridized carbons (Fsp3) is 0.167. The van der Waals surface area contributed by atoms with E-state index in [0.29, 0.717) is 5.82 Å². The highest BCUT2D eigenvalue weighted by molar-refractivity contribution is 5.49. The lowest BCUT2D eigenvalue weighted by atomic mass is 9.98. The van der Waals surface area contributed by atoms with Gasteiger partial charge in [0.05, 0.1) is 6.04 Å². The van der Waals surface area contributed by atoms with Crippen LogP contribution in [0.3, 0.4) is 0 Å². The third-order valence-electron chi connectivity index (χ3n) is 2.59. The molecule has 0 fully saturated rings. The van der Waals surface area contributed by atoms with Crippen LogP contribution in [0.25, 0.3) is 0 Å². The second-order valence-electron chi connectivity index (χ2n) is 3.69. The van der Waals surface area contributed by atoms with Crippen molar-refractivity contribution in [2.24, 2.45) is 5.73 Å². The van der Waals surface area contributed by atoms with Crippen molar-refractivity contribution in [2.45, 2.75) is 13.0 Å². The molecule has 0 amide bonds. The molecule has 2 rings (SSSR count). The number of rotatable bonds is 2. The molecule has 2 aromatic rings. The third-order valence-corrected chi connectivity index (χ3v) is 2.59. The van der Waals surface area contributed by atoms with Gasteiger partial charge in [0.15, 0.2) is 0 Å². The number of aryl methyl sites for hydroxylation is 1. The van der Waals surface area contributed by atoms with Gasteiger partial charge < -0.3 is 11.5 Å². The van der Waals surface area contributed by atoms with Crippen LogP contribution < -0.4 is 11.5 Å². The van der Waals surface area contributed by atoms with Gasteiger partial charge in [-0.3, -0.25) is 4.98 Å². The summed E-state index contributed by atoms with van der Waals surface area (Å²) >= 11 is 0. The summed E-state index contributed by atoms with van der Waals surface area (Å²) in [5.41, 5.74) is 14.9. The molecule has 2 heterocycles. The van der Waals surface area contributed by atoms with E-state index in [1.54, 1.807) is 18.6 Å². The van der Waals surface area contributed by atoms with Crippen molar-refractivity contribution in [3.8, 4) is 0 Å². The van der Waals surface area contributed by atoms with Crippen LogP contribution in [-0.2, 0) is 0 Å². The number of nitrogens with two attached hydrogens (primary N) is 2. The molecule has 16 heavy (non-hydrogen) atoms. The summed E-state index contributed by atoms with van der Waals surface area (Å²) in [7, 11) is 0. The number of hydrogen-bond donors (Lipinski definition) is 2. The molecule has 0 bridgehead atoms. The highest BCUT2D eigenvalue weighted by Gasteiger charge is 2.15. The van der Waals surface area contributed by atoms with Crippen molar-refractivity contribution in [1.29, 1.82) is 0 Å². The Balaban J connectivity index is 2.46. The van der Waals surface area contributed by atoms with Gasteiger partial charge in [0.1, 0.15) is 5.82 Å². The van der Waals surface area contributed by atoms with Crippen LogP contribution in [0.2, 0.25) is 0 Å². The van der Waals surface area contributed by atoms with Crippen LogP contribution in [0, 0.1) is 6.92 Å². The Morgan fingerprint density at radius 2 is 2.06 bits per heavy atom. The van der Waals surface area contributed by atoms with E-state index in [0.717, 1.165) is 16.7 Å². The monoisotopic (exact) mass is 214 g/mol. The Hall–Kier alpha value is -1.94. The summed E-state index contributed by atoms with van der Waals surface area (Å²) in [6.45, 7) is 1.98. The van der Waals surface area contributed by atoms with Crippen LogP contribution in [0.15, 0.2) is 36.8 Å². The quantitative estimate of drug-likeness (QED) is 0.792. The molecule has 0 aliphatic carbocycles. The van der Waals surface area contributed by atoms with Crippen molar-refractivity contribution in [2.75, 3.05) is 5.73 Å². The minimum Gasteiger partial charge on any atom is -0.383 e. The molecule has 0 radical (unpaired) electrons. The van der Waals surface area contributed by atoms with E-state index in [2.05, 4.69) is 9.97 Å². The number of aromatic nitrogens is 2. The van der Waals surface area contributed by atoms with Gasteiger partial charge in [-0.15, -0.1) is 0 Å². The second kappa shape index (κ2) is 4.28. The molecule has 0 spiro atoms. The Kier molecular flexibility index (Phi) is 2.83. The SMILES string of the molecule is Cc1ccnc(N)c1C(N)c1cccnc1. The van der Waals surface area contributed by atoms with E-state index >= 15 is 0 Å². The standard InChI is InChI=1S/C12H14N4/c1-8-4-6-16-12(14)10(8)11(13)9-3-2-5-15-7-9/h2-7,11H,13H2,1H3,(H2,14,16). The normalized spacial score (nSPS) is 12.4. The average Bonchev–Trinajstić information content (AvgIpc) is 2.30. The summed E-state index contributed by atoms with van der Waals surface area (Å²) in [5, 5.41) is 0. The van der Waals surface area contributed by atoms with E-state index in [1.807, 2.05) is 25.1 Å². The van der Waals surface area contributed by atoms with Gasteiger partial charge in [-0.05, 0) is 30.2 Å². The van der Waals surface area contributed by atoms with Crippen molar-refractivity contribution in [1.82, 2.24) is 9.97 Å². The van der Waals surface area contributed by atoms with Gasteiger partial charge in [0.25, 0.3) is 0 Å². The molecule has 0 saturated heterocycles. The predicted octanol–water partition coefficient (Wildman–Crippen LogP) is 1.42. The first kappa shape index (κ1) is 10.6. The van der Waals surface area contributed by atoms with E-state index < -0.39 is 0 Å². The molecular formula is C12H14N4. The molecule has 1 atom stereocenters. The van der Waals surface area contributed by atoms with E-state index in [-0.39, 0.29) is 6.04 Å². The maximum Gasteiger partial charge on any atom is 0.128 e. The lowest BCUT2D eigenvalue weighted by Gasteiger charge is -2.16. The average molecular weight is 214 g/mol. The first-order valence-corrected chi connectivity index (χ1v) is 5.06. The minimum atomic E-state index is -0.276. The van der Waals surface area contributed by atoms with Crippen LogP contribution in [0.4, 0.5) is 5.82 Å². The topological polar surface area (TPSA) is 77.8 Å². The largest absolute Gasteiger partial charge is 0.383 e. The summed E-state index contributed by atoms with van der Waals surface area (Å²) < 4.78 is 0. The number of nitrogen functional groups attached to an aromatic ring is 1. The van der Waals surface area contributed by atoms with Gasteiger partial charge in [-0.1, -0.05) is 6.07 Å². The van der Waals surface area contributed by atoms with Crippen LogP contribution in [0.1, 0.15) is 22.7 Å². The lowest BCUT2D eigenvalue weighted by molar-refractivity contribution is 0.850. The minimum absolute atomic E-state index is 0.276. The summed E-state index contributed by atoms with van der Waals surface area (Å²) in [5.74, 6) is 0.483. The molecule has 1 unspecified atom stereocenters. The van der Waals surface area contributed by atoms with Gasteiger partial charge in [-0.2, -0.15) is 0 Å². The highest BCUT2D eigenvalue weighted by Crippen LogP contribution is 2.25. The molecule has 0 aromatic carbocycles. The molecule has 0 aliphatic rings. The number of hydrogen-bond acceptors (Lipinski definition) is 4. The van der Waals surface area contributed by atoms with Crippen LogP contribution in [0.5, 0.6) is 0 Å². The van der Waals surface area contributed by atoms with Crippen molar-refractivity contribution < 1.29 is 0 Å². The Morgan fingerprint density at radius 3 is 2.69 bits per heavy atom. The molecule has 4 N–H and O–H groups in total. The Labute approximate surface area is 94.3 Å². The number of anilines is 1. The Morgan fingerprint density at radius 1 is 1.25 bits per heavy atom. The first-order chi connectivity index (χ1) is 7.70. The van der Waals surface area contributed by atoms with E-state index in [1.165, 1.54) is 0 Å². The van der Waals surface area contributed by atoms with Gasteiger partial charge in [-0.25, -0.2) is 4.98 Å². The summed E-state index contributed by atoms with van der Waals surface area (Å²) in [6.07, 6.45) is 5.15. The van der Waals surface area contributed by atoms with Crippen LogP contribution >= 0.6 is 0 Å². The number of nitrogens with zero attached hydrogens (tertiary/aromatic N) is 2. The van der Waals surface area contributed by atoms with Gasteiger partial charge in [0, 0.05) is 24.2 Å². The van der Waals surface area contributed by atoms with E-state index in [9.17, 15) is 0 Å². The fourth-order valence-electron chi connectivity index (χ4n) is 1.72. The van der Waals surface area contributed by atoms with Crippen LogP contribution in [-0.4, -0.2) is 9.97 Å². The van der Waals surface area contributed by atoms with Crippen molar-refractivity contribution in [3.63, 3.8) is 0 Å². The maximum atomic E-state index is 6.16. The van der Waals surface area contributed by atoms with Gasteiger partial charge >= 0.3 is 0 Å². The third kappa shape index (κ3) is 1.87.